The molecular formula is C15H23N. The number of hydrogen-bond donors (Lipinski definition) is 0. The van der Waals surface area contributed by atoms with Gasteiger partial charge in [-0.05, 0) is 57.3 Å². The third kappa shape index (κ3) is 2.76. The second-order valence-corrected chi connectivity index (χ2v) is 5.45. The largest absolute Gasteiger partial charge is 0.198 e. The summed E-state index contributed by atoms with van der Waals surface area (Å²) in [5, 5.41) is 8.98. The number of nitrogens with zero attached hydrogens (tertiary/aromatic N) is 1. The minimum absolute atomic E-state index is 0.246. The Kier molecular flexibility index (Phi) is 4.35. The average Bonchev–Trinajstić information content (AvgIpc) is 2.13. The first-order valence-electron chi connectivity index (χ1n) is 6.18. The van der Waals surface area contributed by atoms with Gasteiger partial charge in [0.15, 0.2) is 0 Å². The Morgan fingerprint density at radius 2 is 2.12 bits per heavy atom. The SMILES string of the molecule is C=C(C)CCC[C@@]1(CC#N)CC[C@@H]1C(=C)C. The standard InChI is InChI=1S/C15H23N/c1-12(2)6-5-8-15(10-11-16)9-7-14(15)13(3)4/h14H,1,3,5-10H2,2,4H3/t14-,15+/m1/s1. The van der Waals surface area contributed by atoms with E-state index in [1.165, 1.54) is 30.4 Å². The molecule has 1 aliphatic carbocycles. The molecule has 2 atom stereocenters. The van der Waals surface area contributed by atoms with E-state index in [-0.39, 0.29) is 5.41 Å². The van der Waals surface area contributed by atoms with Crippen molar-refractivity contribution in [3.8, 4) is 6.07 Å². The number of rotatable bonds is 6. The van der Waals surface area contributed by atoms with Crippen LogP contribution < -0.4 is 0 Å². The zero-order valence-corrected chi connectivity index (χ0v) is 10.7. The summed E-state index contributed by atoms with van der Waals surface area (Å²) in [6.45, 7) is 12.2. The predicted octanol–water partition coefficient (Wildman–Crippen LogP) is 4.62. The molecule has 0 aromatic carbocycles. The summed E-state index contributed by atoms with van der Waals surface area (Å²) in [4.78, 5) is 0. The molecule has 1 saturated carbocycles. The van der Waals surface area contributed by atoms with Crippen molar-refractivity contribution in [2.24, 2.45) is 11.3 Å². The first kappa shape index (κ1) is 13.0. The highest BCUT2D eigenvalue weighted by molar-refractivity contribution is 5.13. The second-order valence-electron chi connectivity index (χ2n) is 5.45. The lowest BCUT2D eigenvalue weighted by molar-refractivity contribution is 0.0495. The molecule has 1 nitrogen and oxygen atoms in total. The highest BCUT2D eigenvalue weighted by Crippen LogP contribution is 2.55. The maximum Gasteiger partial charge on any atom is 0.0627 e. The fourth-order valence-corrected chi connectivity index (χ4v) is 2.96. The Bertz CT molecular complexity index is 321. The van der Waals surface area contributed by atoms with E-state index < -0.39 is 0 Å². The van der Waals surface area contributed by atoms with Crippen LogP contribution in [0.5, 0.6) is 0 Å². The van der Waals surface area contributed by atoms with E-state index in [9.17, 15) is 0 Å². The first-order chi connectivity index (χ1) is 7.52. The highest BCUT2D eigenvalue weighted by atomic mass is 14.5. The fraction of sp³-hybridized carbons (Fsp3) is 0.667. The molecule has 1 aliphatic rings. The summed E-state index contributed by atoms with van der Waals surface area (Å²) < 4.78 is 0. The maximum absolute atomic E-state index is 8.98. The number of hydrogen-bond acceptors (Lipinski definition) is 1. The third-order valence-corrected chi connectivity index (χ3v) is 3.97. The van der Waals surface area contributed by atoms with Crippen LogP contribution in [0.3, 0.4) is 0 Å². The molecule has 0 saturated heterocycles. The van der Waals surface area contributed by atoms with Crippen LogP contribution in [-0.2, 0) is 0 Å². The Labute approximate surface area is 99.9 Å². The van der Waals surface area contributed by atoms with Crippen LogP contribution in [0.15, 0.2) is 24.3 Å². The highest BCUT2D eigenvalue weighted by Gasteiger charge is 2.45. The molecule has 16 heavy (non-hydrogen) atoms. The van der Waals surface area contributed by atoms with Crippen LogP contribution >= 0.6 is 0 Å². The Hall–Kier alpha value is -1.03. The van der Waals surface area contributed by atoms with Crippen LogP contribution in [-0.4, -0.2) is 0 Å². The summed E-state index contributed by atoms with van der Waals surface area (Å²) in [6, 6.07) is 2.37. The van der Waals surface area contributed by atoms with E-state index in [0.29, 0.717) is 12.3 Å². The molecule has 0 unspecified atom stereocenters. The zero-order valence-electron chi connectivity index (χ0n) is 10.7. The van der Waals surface area contributed by atoms with Crippen LogP contribution in [0.4, 0.5) is 0 Å². The van der Waals surface area contributed by atoms with Gasteiger partial charge in [0.25, 0.3) is 0 Å². The average molecular weight is 217 g/mol. The molecule has 0 heterocycles. The third-order valence-electron chi connectivity index (χ3n) is 3.97. The van der Waals surface area contributed by atoms with Crippen molar-refractivity contribution >= 4 is 0 Å². The number of allylic oxidation sites excluding steroid dienone is 2. The summed E-state index contributed by atoms with van der Waals surface area (Å²) in [5.74, 6) is 0.581. The van der Waals surface area contributed by atoms with Crippen molar-refractivity contribution in [1.29, 1.82) is 5.26 Å². The zero-order chi connectivity index (χ0) is 12.2. The van der Waals surface area contributed by atoms with Crippen LogP contribution in [0.2, 0.25) is 0 Å². The van der Waals surface area contributed by atoms with Crippen molar-refractivity contribution in [2.45, 2.75) is 52.4 Å². The first-order valence-corrected chi connectivity index (χ1v) is 6.18. The van der Waals surface area contributed by atoms with Crippen LogP contribution in [0, 0.1) is 22.7 Å². The second kappa shape index (κ2) is 5.34. The molecule has 0 aromatic rings. The monoisotopic (exact) mass is 217 g/mol. The lowest BCUT2D eigenvalue weighted by Gasteiger charge is -2.49. The van der Waals surface area contributed by atoms with E-state index in [0.717, 1.165) is 12.8 Å². The predicted molar refractivity (Wildman–Crippen MR) is 68.9 cm³/mol. The quantitative estimate of drug-likeness (QED) is 0.595. The van der Waals surface area contributed by atoms with Gasteiger partial charge in [-0.15, -0.1) is 6.58 Å². The topological polar surface area (TPSA) is 23.8 Å². The minimum Gasteiger partial charge on any atom is -0.198 e. The maximum atomic E-state index is 8.98. The van der Waals surface area contributed by atoms with Gasteiger partial charge in [0.2, 0.25) is 0 Å². The van der Waals surface area contributed by atoms with Gasteiger partial charge in [-0.1, -0.05) is 17.7 Å². The van der Waals surface area contributed by atoms with E-state index in [4.69, 9.17) is 5.26 Å². The normalized spacial score (nSPS) is 27.9. The van der Waals surface area contributed by atoms with Gasteiger partial charge in [0, 0.05) is 6.42 Å². The molecule has 0 spiro atoms. The summed E-state index contributed by atoms with van der Waals surface area (Å²) in [5.41, 5.74) is 2.76. The molecule has 88 valence electrons. The van der Waals surface area contributed by atoms with E-state index in [1.54, 1.807) is 0 Å². The van der Waals surface area contributed by atoms with E-state index >= 15 is 0 Å². The van der Waals surface area contributed by atoms with Crippen LogP contribution in [0.25, 0.3) is 0 Å². The Morgan fingerprint density at radius 1 is 1.44 bits per heavy atom. The Balaban J connectivity index is 2.57. The van der Waals surface area contributed by atoms with Crippen LogP contribution in [0.1, 0.15) is 52.4 Å². The summed E-state index contributed by atoms with van der Waals surface area (Å²) in [7, 11) is 0. The lowest BCUT2D eigenvalue weighted by Crippen LogP contribution is -2.40. The summed E-state index contributed by atoms with van der Waals surface area (Å²) in [6.07, 6.45) is 6.54. The van der Waals surface area contributed by atoms with Gasteiger partial charge in [0.1, 0.15) is 0 Å². The van der Waals surface area contributed by atoms with Gasteiger partial charge >= 0.3 is 0 Å². The van der Waals surface area contributed by atoms with Crippen molar-refractivity contribution in [1.82, 2.24) is 0 Å². The van der Waals surface area contributed by atoms with E-state index in [2.05, 4.69) is 33.1 Å². The molecule has 0 amide bonds. The molecule has 1 fully saturated rings. The van der Waals surface area contributed by atoms with Gasteiger partial charge in [0.05, 0.1) is 6.07 Å². The smallest absolute Gasteiger partial charge is 0.0627 e. The van der Waals surface area contributed by atoms with Gasteiger partial charge < -0.3 is 0 Å². The summed E-state index contributed by atoms with van der Waals surface area (Å²) >= 11 is 0. The van der Waals surface area contributed by atoms with E-state index in [1.807, 2.05) is 0 Å². The van der Waals surface area contributed by atoms with Gasteiger partial charge in [-0.2, -0.15) is 5.26 Å². The molecule has 0 N–H and O–H groups in total. The fourth-order valence-electron chi connectivity index (χ4n) is 2.96. The van der Waals surface area contributed by atoms with Crippen molar-refractivity contribution in [3.63, 3.8) is 0 Å². The van der Waals surface area contributed by atoms with Gasteiger partial charge in [-0.25, -0.2) is 0 Å². The van der Waals surface area contributed by atoms with Crippen molar-refractivity contribution in [3.05, 3.63) is 24.3 Å². The Morgan fingerprint density at radius 3 is 2.50 bits per heavy atom. The molecule has 0 bridgehead atoms. The lowest BCUT2D eigenvalue weighted by atomic mass is 9.54. The minimum atomic E-state index is 0.246. The number of nitriles is 1. The molecule has 0 aliphatic heterocycles. The molecular weight excluding hydrogens is 194 g/mol. The molecule has 0 aromatic heterocycles. The molecule has 1 rings (SSSR count). The molecule has 0 radical (unpaired) electrons. The van der Waals surface area contributed by atoms with Crippen molar-refractivity contribution in [2.75, 3.05) is 0 Å². The molecule has 1 heteroatoms. The van der Waals surface area contributed by atoms with Crippen molar-refractivity contribution < 1.29 is 0 Å². The van der Waals surface area contributed by atoms with Gasteiger partial charge in [-0.3, -0.25) is 0 Å².